The highest BCUT2D eigenvalue weighted by Crippen LogP contribution is 2.23. The molecule has 0 saturated carbocycles. The van der Waals surface area contributed by atoms with Crippen LogP contribution in [0, 0.1) is 19.7 Å². The monoisotopic (exact) mass is 457 g/mol. The molecule has 0 aliphatic rings. The van der Waals surface area contributed by atoms with Crippen molar-refractivity contribution in [3.05, 3.63) is 90.6 Å². The van der Waals surface area contributed by atoms with E-state index in [0.717, 1.165) is 21.8 Å². The van der Waals surface area contributed by atoms with E-state index in [9.17, 15) is 18.8 Å². The molecule has 0 aliphatic heterocycles. The van der Waals surface area contributed by atoms with Crippen LogP contribution in [0.3, 0.4) is 0 Å². The predicted octanol–water partition coefficient (Wildman–Crippen LogP) is 4.26. The number of hydrogen-bond donors (Lipinski definition) is 1. The minimum absolute atomic E-state index is 0.101. The van der Waals surface area contributed by atoms with Gasteiger partial charge in [-0.2, -0.15) is 0 Å². The molecule has 4 rings (SSSR count). The standard InChI is InChI=1S/C22H17ClFN3O3S/c1-12-7-13(2)9-15(8-12)27-21(29)20-18(5-6-31-20)26(22(27)30)11-19(28)25-17-10-14(24)3-4-16(17)23/h3-10H,11H2,1-2H3,(H,25,28). The van der Waals surface area contributed by atoms with Gasteiger partial charge in [-0.25, -0.2) is 13.8 Å². The van der Waals surface area contributed by atoms with Gasteiger partial charge in [0.2, 0.25) is 5.91 Å². The fourth-order valence-electron chi connectivity index (χ4n) is 3.47. The van der Waals surface area contributed by atoms with Gasteiger partial charge in [0.1, 0.15) is 17.1 Å². The average molecular weight is 458 g/mol. The van der Waals surface area contributed by atoms with Gasteiger partial charge in [-0.15, -0.1) is 11.3 Å². The molecule has 2 aromatic carbocycles. The van der Waals surface area contributed by atoms with Gasteiger partial charge in [0.05, 0.1) is 21.9 Å². The minimum atomic E-state index is -0.638. The van der Waals surface area contributed by atoms with Gasteiger partial charge in [0, 0.05) is 0 Å². The van der Waals surface area contributed by atoms with Crippen LogP contribution in [0.15, 0.2) is 57.4 Å². The Morgan fingerprint density at radius 3 is 2.52 bits per heavy atom. The Labute approximate surface area is 185 Å². The summed E-state index contributed by atoms with van der Waals surface area (Å²) in [6.07, 6.45) is 0. The van der Waals surface area contributed by atoms with Gasteiger partial charge in [0.15, 0.2) is 0 Å². The first-order valence-corrected chi connectivity index (χ1v) is 10.6. The summed E-state index contributed by atoms with van der Waals surface area (Å²) in [4.78, 5) is 39.0. The molecule has 0 unspecified atom stereocenters. The summed E-state index contributed by atoms with van der Waals surface area (Å²) in [7, 11) is 0. The highest BCUT2D eigenvalue weighted by atomic mass is 35.5. The number of benzene rings is 2. The maximum atomic E-state index is 13.5. The quantitative estimate of drug-likeness (QED) is 0.497. The van der Waals surface area contributed by atoms with Crippen molar-refractivity contribution in [2.24, 2.45) is 0 Å². The zero-order valence-electron chi connectivity index (χ0n) is 16.6. The van der Waals surface area contributed by atoms with Crippen LogP contribution in [0.4, 0.5) is 10.1 Å². The maximum absolute atomic E-state index is 13.5. The summed E-state index contributed by atoms with van der Waals surface area (Å²) in [5.41, 5.74) is 1.62. The molecule has 2 heterocycles. The van der Waals surface area contributed by atoms with Crippen molar-refractivity contribution in [3.8, 4) is 5.69 Å². The maximum Gasteiger partial charge on any atom is 0.336 e. The van der Waals surface area contributed by atoms with Crippen molar-refractivity contribution in [2.45, 2.75) is 20.4 Å². The summed E-state index contributed by atoms with van der Waals surface area (Å²) >= 11 is 7.21. The van der Waals surface area contributed by atoms with Crippen LogP contribution in [-0.2, 0) is 11.3 Å². The van der Waals surface area contributed by atoms with E-state index in [1.165, 1.54) is 28.0 Å². The lowest BCUT2D eigenvalue weighted by Crippen LogP contribution is -2.40. The third kappa shape index (κ3) is 4.04. The fourth-order valence-corrected chi connectivity index (χ4v) is 4.46. The molecular weight excluding hydrogens is 441 g/mol. The first-order valence-electron chi connectivity index (χ1n) is 9.31. The molecule has 0 radical (unpaired) electrons. The molecule has 9 heteroatoms. The summed E-state index contributed by atoms with van der Waals surface area (Å²) in [6, 6.07) is 10.6. The Morgan fingerprint density at radius 1 is 1.10 bits per heavy atom. The zero-order chi connectivity index (χ0) is 22.3. The van der Waals surface area contributed by atoms with Crippen LogP contribution in [0.1, 0.15) is 11.1 Å². The molecule has 0 bridgehead atoms. The fraction of sp³-hybridized carbons (Fsp3) is 0.136. The topological polar surface area (TPSA) is 73.1 Å². The van der Waals surface area contributed by atoms with Gasteiger partial charge in [-0.1, -0.05) is 17.7 Å². The second-order valence-electron chi connectivity index (χ2n) is 7.16. The number of anilines is 1. The number of thiophene rings is 1. The van der Waals surface area contributed by atoms with E-state index in [-0.39, 0.29) is 17.3 Å². The van der Waals surface area contributed by atoms with E-state index < -0.39 is 23.0 Å². The average Bonchev–Trinajstić information content (AvgIpc) is 3.17. The van der Waals surface area contributed by atoms with Gasteiger partial charge < -0.3 is 5.32 Å². The van der Waals surface area contributed by atoms with Crippen LogP contribution in [0.2, 0.25) is 5.02 Å². The second kappa shape index (κ2) is 8.13. The van der Waals surface area contributed by atoms with E-state index in [2.05, 4.69) is 5.32 Å². The number of hydrogen-bond acceptors (Lipinski definition) is 4. The van der Waals surface area contributed by atoms with Gasteiger partial charge in [0.25, 0.3) is 5.56 Å². The molecule has 0 fully saturated rings. The molecular formula is C22H17ClFN3O3S. The van der Waals surface area contributed by atoms with Crippen LogP contribution in [0.25, 0.3) is 15.9 Å². The summed E-state index contributed by atoms with van der Waals surface area (Å²) < 4.78 is 16.2. The lowest BCUT2D eigenvalue weighted by atomic mass is 10.1. The van der Waals surface area contributed by atoms with Gasteiger partial charge in [-0.3, -0.25) is 14.2 Å². The number of nitrogens with zero attached hydrogens (tertiary/aromatic N) is 2. The Bertz CT molecular complexity index is 1430. The Morgan fingerprint density at radius 2 is 1.81 bits per heavy atom. The van der Waals surface area contributed by atoms with Crippen LogP contribution < -0.4 is 16.6 Å². The Balaban J connectivity index is 1.82. The third-order valence-electron chi connectivity index (χ3n) is 4.72. The number of halogens is 2. The number of rotatable bonds is 4. The number of aromatic nitrogens is 2. The van der Waals surface area contributed by atoms with Crippen molar-refractivity contribution >= 4 is 44.7 Å². The van der Waals surface area contributed by atoms with Crippen molar-refractivity contribution in [1.82, 2.24) is 9.13 Å². The van der Waals surface area contributed by atoms with E-state index in [0.29, 0.717) is 15.9 Å². The largest absolute Gasteiger partial charge is 0.336 e. The molecule has 4 aromatic rings. The number of carbonyl (C=O) groups excluding carboxylic acids is 1. The zero-order valence-corrected chi connectivity index (χ0v) is 18.2. The molecule has 1 N–H and O–H groups in total. The summed E-state index contributed by atoms with van der Waals surface area (Å²) in [5, 5.41) is 4.38. The molecule has 1 amide bonds. The number of nitrogens with one attached hydrogen (secondary N) is 1. The number of aryl methyl sites for hydroxylation is 2. The SMILES string of the molecule is Cc1cc(C)cc(-n2c(=O)c3sccc3n(CC(=O)Nc3cc(F)ccc3Cl)c2=O)c1. The molecule has 31 heavy (non-hydrogen) atoms. The molecule has 0 atom stereocenters. The molecule has 158 valence electrons. The lowest BCUT2D eigenvalue weighted by Gasteiger charge is -2.14. The van der Waals surface area contributed by atoms with E-state index >= 15 is 0 Å². The summed E-state index contributed by atoms with van der Waals surface area (Å²) in [5.74, 6) is -1.13. The highest BCUT2D eigenvalue weighted by Gasteiger charge is 2.18. The number of fused-ring (bicyclic) bond motifs is 1. The van der Waals surface area contributed by atoms with Crippen LogP contribution in [-0.4, -0.2) is 15.0 Å². The first kappa shape index (κ1) is 21.0. The number of amides is 1. The normalized spacial score (nSPS) is 11.1. The van der Waals surface area contributed by atoms with Crippen molar-refractivity contribution in [3.63, 3.8) is 0 Å². The predicted molar refractivity (Wildman–Crippen MR) is 121 cm³/mol. The van der Waals surface area contributed by atoms with Crippen LogP contribution >= 0.6 is 22.9 Å². The second-order valence-corrected chi connectivity index (χ2v) is 8.49. The van der Waals surface area contributed by atoms with E-state index in [4.69, 9.17) is 11.6 Å². The molecule has 6 nitrogen and oxygen atoms in total. The van der Waals surface area contributed by atoms with E-state index in [1.807, 2.05) is 19.9 Å². The van der Waals surface area contributed by atoms with Gasteiger partial charge >= 0.3 is 5.69 Å². The van der Waals surface area contributed by atoms with E-state index in [1.54, 1.807) is 23.6 Å². The highest BCUT2D eigenvalue weighted by molar-refractivity contribution is 7.17. The first-order chi connectivity index (χ1) is 14.7. The molecule has 0 saturated heterocycles. The molecule has 0 spiro atoms. The Kier molecular flexibility index (Phi) is 5.51. The Hall–Kier alpha value is -3.23. The lowest BCUT2D eigenvalue weighted by molar-refractivity contribution is -0.116. The smallest absolute Gasteiger partial charge is 0.323 e. The summed E-state index contributed by atoms with van der Waals surface area (Å²) in [6.45, 7) is 3.38. The third-order valence-corrected chi connectivity index (χ3v) is 5.94. The van der Waals surface area contributed by atoms with Gasteiger partial charge in [-0.05, 0) is 66.8 Å². The van der Waals surface area contributed by atoms with Crippen molar-refractivity contribution < 1.29 is 9.18 Å². The molecule has 2 aromatic heterocycles. The number of carbonyl (C=O) groups is 1. The minimum Gasteiger partial charge on any atom is -0.323 e. The van der Waals surface area contributed by atoms with Crippen LogP contribution in [0.5, 0.6) is 0 Å². The van der Waals surface area contributed by atoms with Crippen molar-refractivity contribution in [2.75, 3.05) is 5.32 Å². The van der Waals surface area contributed by atoms with Crippen molar-refractivity contribution in [1.29, 1.82) is 0 Å². The molecule has 0 aliphatic carbocycles.